The average Bonchev–Trinajstić information content (AvgIpc) is 1.57. The second kappa shape index (κ2) is 34.4. The lowest BCUT2D eigenvalue weighted by molar-refractivity contribution is 0.469. The van der Waals surface area contributed by atoms with Crippen molar-refractivity contribution in [2.75, 3.05) is 0 Å². The normalized spacial score (nSPS) is 13.4. The second-order valence-electron chi connectivity index (χ2n) is 44.9. The monoisotopic (exact) mass is 1510 g/mol. The van der Waals surface area contributed by atoms with Gasteiger partial charge in [-0.3, -0.25) is 4.98 Å². The minimum Gasteiger partial charge on any atom is -0.260 e. The summed E-state index contributed by atoms with van der Waals surface area (Å²) >= 11 is 1.95. The predicted molar refractivity (Wildman–Crippen MR) is 501 cm³/mol. The van der Waals surface area contributed by atoms with E-state index in [1.54, 1.807) is 0 Å². The molecule has 2 heterocycles. The van der Waals surface area contributed by atoms with E-state index in [9.17, 15) is 0 Å². The van der Waals surface area contributed by atoms with Gasteiger partial charge in [-0.1, -0.05) is 458 Å². The fourth-order valence-corrected chi connectivity index (χ4v) is 16.6. The lowest BCUT2D eigenvalue weighted by atomic mass is 9.73. The Morgan fingerprint density at radius 1 is 0.270 bits per heavy atom. The van der Waals surface area contributed by atoms with Crippen LogP contribution in [0, 0.1) is 5.41 Å². The molecular weight excluding hydrogens is 1360 g/mol. The second-order valence-corrected chi connectivity index (χ2v) is 45.9. The Morgan fingerprint density at radius 2 is 0.667 bits per heavy atom. The van der Waals surface area contributed by atoms with Gasteiger partial charge in [-0.2, -0.15) is 0 Å². The third-order valence-electron chi connectivity index (χ3n) is 20.6. The maximum atomic E-state index is 4.52. The van der Waals surface area contributed by atoms with E-state index in [1.165, 1.54) is 126 Å². The van der Waals surface area contributed by atoms with Crippen LogP contribution in [0.1, 0.15) is 342 Å². The number of fused-ring (bicyclic) bond motifs is 7. The van der Waals surface area contributed by atoms with Crippen LogP contribution in [0.15, 0.2) is 206 Å². The van der Waals surface area contributed by atoms with Gasteiger partial charge in [0.2, 0.25) is 0 Å². The zero-order valence-corrected chi connectivity index (χ0v) is 78.3. The number of hydrogen-bond donors (Lipinski definition) is 0. The molecule has 11 aromatic rings. The molecule has 0 unspecified atom stereocenters. The topological polar surface area (TPSA) is 12.9 Å². The molecule has 111 heavy (non-hydrogen) atoms. The first kappa shape index (κ1) is 92.5. The molecule has 1 nitrogen and oxygen atoms in total. The summed E-state index contributed by atoms with van der Waals surface area (Å²) in [5.41, 5.74) is 26.8. The summed E-state index contributed by atoms with van der Waals surface area (Å²) in [6.07, 6.45) is 1.88. The van der Waals surface area contributed by atoms with Crippen molar-refractivity contribution in [1.29, 1.82) is 0 Å². The molecule has 0 atom stereocenters. The molecule has 2 aromatic heterocycles. The molecule has 0 radical (unpaired) electrons. The zero-order valence-electron chi connectivity index (χ0n) is 77.5. The highest BCUT2D eigenvalue weighted by atomic mass is 32.1. The number of nitrogens with zero attached hydrogens (tertiary/aromatic N) is 1. The zero-order chi connectivity index (χ0) is 84.2. The Labute approximate surface area is 684 Å². The number of rotatable bonds is 1. The van der Waals surface area contributed by atoms with Gasteiger partial charge in [-0.25, -0.2) is 0 Å². The number of benzene rings is 9. The molecule has 0 saturated carbocycles. The third-order valence-corrected chi connectivity index (χ3v) is 21.8. The van der Waals surface area contributed by atoms with Crippen LogP contribution in [0.3, 0.4) is 0 Å². The van der Waals surface area contributed by atoms with Crippen molar-refractivity contribution in [2.45, 2.75) is 335 Å². The van der Waals surface area contributed by atoms with Gasteiger partial charge in [0.25, 0.3) is 0 Å². The van der Waals surface area contributed by atoms with Gasteiger partial charge in [0.1, 0.15) is 0 Å². The molecule has 0 amide bonds. The number of aromatic nitrogens is 1. The molecule has 9 aromatic carbocycles. The summed E-state index contributed by atoms with van der Waals surface area (Å²) in [7, 11) is 0. The Morgan fingerprint density at radius 3 is 1.13 bits per heavy atom. The van der Waals surface area contributed by atoms with Crippen LogP contribution in [-0.2, 0) is 65.0 Å². The quantitative estimate of drug-likeness (QED) is 0.160. The Kier molecular flexibility index (Phi) is 28.6. The molecule has 0 bridgehead atoms. The molecular formula is C109H151NS. The number of hydrogen-bond acceptors (Lipinski definition) is 2. The van der Waals surface area contributed by atoms with E-state index < -0.39 is 0 Å². The summed E-state index contributed by atoms with van der Waals surface area (Å²) < 4.78 is 2.86. The molecule has 0 aliphatic heterocycles. The lowest BCUT2D eigenvalue weighted by Gasteiger charge is -2.31. The summed E-state index contributed by atoms with van der Waals surface area (Å²) in [5, 5.41) is 5.55. The first-order valence-electron chi connectivity index (χ1n) is 41.4. The predicted octanol–water partition coefficient (Wildman–Crippen LogP) is 33.3. The maximum absolute atomic E-state index is 4.52. The van der Waals surface area contributed by atoms with E-state index in [-0.39, 0.29) is 65.0 Å². The summed E-state index contributed by atoms with van der Waals surface area (Å²) in [6, 6.07) is 72.8. The summed E-state index contributed by atoms with van der Waals surface area (Å²) in [5.74, 6) is 0. The van der Waals surface area contributed by atoms with Crippen LogP contribution in [0.25, 0.3) is 53.2 Å². The first-order chi connectivity index (χ1) is 50.4. The highest BCUT2D eigenvalue weighted by Gasteiger charge is 2.40. The molecule has 0 spiro atoms. The van der Waals surface area contributed by atoms with Crippen LogP contribution in [0.2, 0.25) is 0 Å². The molecule has 1 aliphatic carbocycles. The van der Waals surface area contributed by atoms with E-state index in [4.69, 9.17) is 0 Å². The molecule has 12 rings (SSSR count). The minimum absolute atomic E-state index is 0.0766. The Hall–Kier alpha value is -7.39. The molecule has 598 valence electrons. The Bertz CT molecular complexity index is 4730. The summed E-state index contributed by atoms with van der Waals surface area (Å²) in [6.45, 7) is 89.0. The SMILES string of the molecule is CC(C)(C)C.CC(C)(C)c1cc(C(C)(C)C)c2c(c1)C(C)(C)c1ccccc1-2.CC(C)(C)c1ccc2c(sc3ccccc32)c1C(C)(C)C.CC(C)(C)c1ccc2ccccc2c1C(C)(C)C.CC(C)(C)c1ccccc1-c1ccccc1.CC(C)(C)c1ccccc1C(C)(C)C.CC(C)(C)c1cccnc1C(C)(C)C. The Balaban J connectivity index is 0.000000207. The molecule has 0 N–H and O–H groups in total. The fraction of sp³-hybridized carbons (Fsp3) is 0.477. The van der Waals surface area contributed by atoms with Crippen molar-refractivity contribution in [1.82, 2.24) is 4.98 Å². The van der Waals surface area contributed by atoms with Gasteiger partial charge >= 0.3 is 0 Å². The molecule has 2 heteroatoms. The van der Waals surface area contributed by atoms with Crippen LogP contribution in [-0.4, -0.2) is 4.98 Å². The van der Waals surface area contributed by atoms with Crippen molar-refractivity contribution in [3.05, 3.63) is 279 Å². The van der Waals surface area contributed by atoms with Crippen molar-refractivity contribution in [3.8, 4) is 22.3 Å². The highest BCUT2D eigenvalue weighted by Crippen LogP contribution is 2.54. The molecule has 0 fully saturated rings. The largest absolute Gasteiger partial charge is 0.260 e. The standard InChI is InChI=1S/C23H30.C20H24S.C18H24.C16H18.C14H22.C13H21N.C5H12/c1-21(2,3)15-13-18(22(4,5)6)20-16-11-9-10-12-17(16)23(7,8)19(20)14-15;1-19(2,3)15-12-11-14-13-9-7-8-10-16(13)21-18(14)17(15)20(4,5)6;1-17(2,3)15-12-11-13-9-7-8-10-14(13)16(15)18(4,5)6;1-16(2,3)15-12-8-7-11-14(15)13-9-5-4-6-10-13;1-13(2,3)11-9-7-8-10-12(11)14(4,5)6;1-12(2,3)10-8-7-9-14-11(10)13(4,5)6;1-5(2,3)4/h9-14H,1-8H3;7-12H,1-6H3;7-12H,1-6H3;4-12H,1-3H3;7-10H,1-6H3;7-9H,1-6H3;1-4H3. The van der Waals surface area contributed by atoms with Gasteiger partial charge < -0.3 is 0 Å². The average molecular weight is 1510 g/mol. The molecule has 0 saturated heterocycles. The van der Waals surface area contributed by atoms with E-state index in [2.05, 4.69) is 469 Å². The van der Waals surface area contributed by atoms with Gasteiger partial charge in [0.15, 0.2) is 0 Å². The van der Waals surface area contributed by atoms with Crippen LogP contribution in [0.5, 0.6) is 0 Å². The van der Waals surface area contributed by atoms with Crippen LogP contribution < -0.4 is 0 Å². The first-order valence-corrected chi connectivity index (χ1v) is 42.2. The van der Waals surface area contributed by atoms with E-state index in [0.29, 0.717) is 5.41 Å². The van der Waals surface area contributed by atoms with Gasteiger partial charge in [0, 0.05) is 42.9 Å². The van der Waals surface area contributed by atoms with E-state index >= 15 is 0 Å². The van der Waals surface area contributed by atoms with Crippen molar-refractivity contribution in [2.24, 2.45) is 5.41 Å². The van der Waals surface area contributed by atoms with Crippen LogP contribution in [0.4, 0.5) is 0 Å². The fourth-order valence-electron chi connectivity index (χ4n) is 15.1. The number of thiophene rings is 1. The lowest BCUT2D eigenvalue weighted by Crippen LogP contribution is -2.23. The van der Waals surface area contributed by atoms with Gasteiger partial charge in [-0.15, -0.1) is 11.3 Å². The van der Waals surface area contributed by atoms with Crippen molar-refractivity contribution in [3.63, 3.8) is 0 Å². The third kappa shape index (κ3) is 24.3. The minimum atomic E-state index is 0.0766. The van der Waals surface area contributed by atoms with Crippen molar-refractivity contribution >= 4 is 42.3 Å². The maximum Gasteiger partial charge on any atom is 0.0494 e. The van der Waals surface area contributed by atoms with Gasteiger partial charge in [0.05, 0.1) is 0 Å². The molecule has 1 aliphatic rings. The summed E-state index contributed by atoms with van der Waals surface area (Å²) in [4.78, 5) is 4.52. The van der Waals surface area contributed by atoms with Crippen LogP contribution >= 0.6 is 11.3 Å². The smallest absolute Gasteiger partial charge is 0.0494 e. The van der Waals surface area contributed by atoms with E-state index in [1.807, 2.05) is 23.6 Å². The van der Waals surface area contributed by atoms with E-state index in [0.717, 1.165) is 0 Å². The highest BCUT2D eigenvalue weighted by molar-refractivity contribution is 7.26. The van der Waals surface area contributed by atoms with Crippen molar-refractivity contribution < 1.29 is 0 Å². The van der Waals surface area contributed by atoms with Gasteiger partial charge in [-0.05, 0) is 171 Å². The number of pyridine rings is 1.